The van der Waals surface area contributed by atoms with Crippen molar-refractivity contribution >= 4 is 5.82 Å². The number of hydrogen-bond donors (Lipinski definition) is 0. The summed E-state index contributed by atoms with van der Waals surface area (Å²) in [5.41, 5.74) is 1.58. The van der Waals surface area contributed by atoms with E-state index in [1.807, 2.05) is 54.6 Å². The van der Waals surface area contributed by atoms with Gasteiger partial charge in [-0.15, -0.1) is 0 Å². The molecule has 0 atom stereocenters. The van der Waals surface area contributed by atoms with Crippen molar-refractivity contribution in [2.75, 3.05) is 31.2 Å². The summed E-state index contributed by atoms with van der Waals surface area (Å²) in [6.45, 7) is 3.43. The Bertz CT molecular complexity index is 837. The summed E-state index contributed by atoms with van der Waals surface area (Å²) in [5, 5.41) is 0. The zero-order chi connectivity index (χ0) is 17.6. The first-order valence-electron chi connectivity index (χ1n) is 8.68. The van der Waals surface area contributed by atoms with Gasteiger partial charge in [-0.05, 0) is 24.3 Å². The highest BCUT2D eigenvalue weighted by Crippen LogP contribution is 2.21. The number of morpholine rings is 1. The van der Waals surface area contributed by atoms with Crippen molar-refractivity contribution in [3.8, 4) is 17.3 Å². The van der Waals surface area contributed by atoms with Gasteiger partial charge < -0.3 is 14.4 Å². The van der Waals surface area contributed by atoms with E-state index in [-0.39, 0.29) is 0 Å². The number of ether oxygens (including phenoxy) is 2. The maximum atomic E-state index is 5.87. The predicted octanol–water partition coefficient (Wildman–Crippen LogP) is 2.95. The molecule has 3 aromatic rings. The fourth-order valence-electron chi connectivity index (χ4n) is 2.80. The number of para-hydroxylation sites is 1. The van der Waals surface area contributed by atoms with E-state index < -0.39 is 0 Å². The monoisotopic (exact) mass is 348 g/mol. The second kappa shape index (κ2) is 7.93. The molecule has 0 aliphatic carbocycles. The molecule has 0 amide bonds. The maximum absolute atomic E-state index is 5.87. The van der Waals surface area contributed by atoms with Crippen molar-refractivity contribution in [3.63, 3.8) is 0 Å². The number of aromatic nitrogens is 3. The van der Waals surface area contributed by atoms with Gasteiger partial charge in [0.05, 0.1) is 18.9 Å². The number of hydrogen-bond acceptors (Lipinski definition) is 6. The van der Waals surface area contributed by atoms with E-state index >= 15 is 0 Å². The van der Waals surface area contributed by atoms with E-state index in [2.05, 4.69) is 14.9 Å². The van der Waals surface area contributed by atoms with Crippen molar-refractivity contribution < 1.29 is 9.47 Å². The smallest absolute Gasteiger partial charge is 0.180 e. The van der Waals surface area contributed by atoms with E-state index in [0.717, 1.165) is 36.0 Å². The molecule has 0 bridgehead atoms. The van der Waals surface area contributed by atoms with Crippen LogP contribution >= 0.6 is 0 Å². The molecule has 132 valence electrons. The van der Waals surface area contributed by atoms with Gasteiger partial charge in [-0.25, -0.2) is 9.97 Å². The SMILES string of the molecule is c1ccc(OCc2cc(N3CCOCC3)nc(-c3ccccn3)n2)cc1. The van der Waals surface area contributed by atoms with Crippen LogP contribution in [0.4, 0.5) is 5.82 Å². The van der Waals surface area contributed by atoms with Crippen LogP contribution in [0.25, 0.3) is 11.5 Å². The molecule has 1 aromatic carbocycles. The van der Waals surface area contributed by atoms with Gasteiger partial charge >= 0.3 is 0 Å². The fourth-order valence-corrected chi connectivity index (χ4v) is 2.80. The second-order valence-corrected chi connectivity index (χ2v) is 5.96. The Balaban J connectivity index is 1.63. The van der Waals surface area contributed by atoms with E-state index in [4.69, 9.17) is 14.5 Å². The molecule has 3 heterocycles. The molecule has 1 aliphatic rings. The van der Waals surface area contributed by atoms with Crippen LogP contribution < -0.4 is 9.64 Å². The standard InChI is InChI=1S/C20H20N4O2/c1-2-6-17(7-3-1)26-15-16-14-19(24-10-12-25-13-11-24)23-20(22-16)18-8-4-5-9-21-18/h1-9,14H,10-13,15H2. The van der Waals surface area contributed by atoms with E-state index in [9.17, 15) is 0 Å². The van der Waals surface area contributed by atoms with Crippen LogP contribution in [0, 0.1) is 0 Å². The zero-order valence-corrected chi connectivity index (χ0v) is 14.4. The van der Waals surface area contributed by atoms with Gasteiger partial charge in [-0.1, -0.05) is 24.3 Å². The Kier molecular flexibility index (Phi) is 5.02. The zero-order valence-electron chi connectivity index (χ0n) is 14.4. The van der Waals surface area contributed by atoms with Crippen molar-refractivity contribution in [1.29, 1.82) is 0 Å². The minimum absolute atomic E-state index is 0.379. The van der Waals surface area contributed by atoms with E-state index in [1.54, 1.807) is 6.20 Å². The quantitative estimate of drug-likeness (QED) is 0.706. The Labute approximate surface area is 152 Å². The van der Waals surface area contributed by atoms with Gasteiger partial charge in [0.15, 0.2) is 5.82 Å². The molecular weight excluding hydrogens is 328 g/mol. The second-order valence-electron chi connectivity index (χ2n) is 5.96. The third kappa shape index (κ3) is 3.97. The van der Waals surface area contributed by atoms with Gasteiger partial charge in [-0.2, -0.15) is 0 Å². The summed E-state index contributed by atoms with van der Waals surface area (Å²) >= 11 is 0. The normalized spacial score (nSPS) is 14.2. The minimum Gasteiger partial charge on any atom is -0.487 e. The predicted molar refractivity (Wildman–Crippen MR) is 99.1 cm³/mol. The Morgan fingerprint density at radius 1 is 0.962 bits per heavy atom. The van der Waals surface area contributed by atoms with Gasteiger partial charge in [0.1, 0.15) is 23.9 Å². The molecule has 2 aromatic heterocycles. The first kappa shape index (κ1) is 16.5. The molecule has 6 heteroatoms. The Hall–Kier alpha value is -2.99. The number of pyridine rings is 1. The molecule has 0 spiro atoms. The summed E-state index contributed by atoms with van der Waals surface area (Å²) in [6, 6.07) is 17.5. The van der Waals surface area contributed by atoms with Crippen molar-refractivity contribution in [2.45, 2.75) is 6.61 Å². The molecule has 1 fully saturated rings. The summed E-state index contributed by atoms with van der Waals surface area (Å²) in [4.78, 5) is 16.0. The maximum Gasteiger partial charge on any atom is 0.180 e. The largest absolute Gasteiger partial charge is 0.487 e. The minimum atomic E-state index is 0.379. The van der Waals surface area contributed by atoms with Crippen molar-refractivity contribution in [2.24, 2.45) is 0 Å². The summed E-state index contributed by atoms with van der Waals surface area (Å²) in [7, 11) is 0. The summed E-state index contributed by atoms with van der Waals surface area (Å²) in [6.07, 6.45) is 1.75. The van der Waals surface area contributed by atoms with Crippen LogP contribution in [-0.4, -0.2) is 41.3 Å². The van der Waals surface area contributed by atoms with Crippen molar-refractivity contribution in [1.82, 2.24) is 15.0 Å². The van der Waals surface area contributed by atoms with E-state index in [1.165, 1.54) is 0 Å². The Morgan fingerprint density at radius 3 is 2.54 bits per heavy atom. The van der Waals surface area contributed by atoms with Crippen LogP contribution in [0.3, 0.4) is 0 Å². The van der Waals surface area contributed by atoms with Gasteiger partial charge in [0.25, 0.3) is 0 Å². The lowest BCUT2D eigenvalue weighted by molar-refractivity contribution is 0.122. The summed E-state index contributed by atoms with van der Waals surface area (Å²) < 4.78 is 11.3. The topological polar surface area (TPSA) is 60.4 Å². The average molecular weight is 348 g/mol. The molecular formula is C20H20N4O2. The number of anilines is 1. The lowest BCUT2D eigenvalue weighted by Crippen LogP contribution is -2.37. The number of benzene rings is 1. The Morgan fingerprint density at radius 2 is 1.77 bits per heavy atom. The molecule has 0 N–H and O–H groups in total. The number of rotatable bonds is 5. The molecule has 0 saturated carbocycles. The third-order valence-corrected chi connectivity index (χ3v) is 4.12. The number of nitrogens with zero attached hydrogens (tertiary/aromatic N) is 4. The molecule has 0 unspecified atom stereocenters. The van der Waals surface area contributed by atoms with Gasteiger partial charge in [0.2, 0.25) is 0 Å². The molecule has 0 radical (unpaired) electrons. The molecule has 1 saturated heterocycles. The van der Waals surface area contributed by atoms with Crippen LogP contribution in [0.1, 0.15) is 5.69 Å². The van der Waals surface area contributed by atoms with E-state index in [0.29, 0.717) is 25.6 Å². The molecule has 6 nitrogen and oxygen atoms in total. The highest BCUT2D eigenvalue weighted by atomic mass is 16.5. The van der Waals surface area contributed by atoms with Crippen LogP contribution in [0.5, 0.6) is 5.75 Å². The molecule has 26 heavy (non-hydrogen) atoms. The third-order valence-electron chi connectivity index (χ3n) is 4.12. The first-order valence-corrected chi connectivity index (χ1v) is 8.68. The van der Waals surface area contributed by atoms with Gasteiger partial charge in [0, 0.05) is 25.4 Å². The van der Waals surface area contributed by atoms with Gasteiger partial charge in [-0.3, -0.25) is 4.98 Å². The molecule has 4 rings (SSSR count). The summed E-state index contributed by atoms with van der Waals surface area (Å²) in [5.74, 6) is 2.32. The fraction of sp³-hybridized carbons (Fsp3) is 0.250. The highest BCUT2D eigenvalue weighted by Gasteiger charge is 2.16. The molecule has 1 aliphatic heterocycles. The average Bonchev–Trinajstić information content (AvgIpc) is 2.74. The lowest BCUT2D eigenvalue weighted by atomic mass is 10.3. The van der Waals surface area contributed by atoms with Crippen LogP contribution in [-0.2, 0) is 11.3 Å². The lowest BCUT2D eigenvalue weighted by Gasteiger charge is -2.28. The van der Waals surface area contributed by atoms with Crippen LogP contribution in [0.2, 0.25) is 0 Å². The van der Waals surface area contributed by atoms with Crippen molar-refractivity contribution in [3.05, 3.63) is 66.5 Å². The first-order chi connectivity index (χ1) is 12.9. The van der Waals surface area contributed by atoms with Crippen LogP contribution in [0.15, 0.2) is 60.8 Å². The highest BCUT2D eigenvalue weighted by molar-refractivity contribution is 5.53.